The fourth-order valence-electron chi connectivity index (χ4n) is 2.79. The molecule has 0 fully saturated rings. The first kappa shape index (κ1) is 17.8. The summed E-state index contributed by atoms with van der Waals surface area (Å²) in [6, 6.07) is 3.82. The maximum Gasteiger partial charge on any atom is 0.203 e. The van der Waals surface area contributed by atoms with Crippen LogP contribution < -0.4 is 19.5 Å². The second-order valence-electron chi connectivity index (χ2n) is 6.30. The largest absolute Gasteiger partial charge is 0.493 e. The summed E-state index contributed by atoms with van der Waals surface area (Å²) in [6.07, 6.45) is 5.47. The van der Waals surface area contributed by atoms with Crippen LogP contribution in [-0.4, -0.2) is 42.2 Å². The number of rotatable bonds is 7. The molecule has 26 heavy (non-hydrogen) atoms. The number of anilines is 1. The van der Waals surface area contributed by atoms with Gasteiger partial charge in [-0.05, 0) is 18.1 Å². The molecule has 2 aromatic heterocycles. The Morgan fingerprint density at radius 1 is 1.04 bits per heavy atom. The van der Waals surface area contributed by atoms with E-state index < -0.39 is 0 Å². The lowest BCUT2D eigenvalue weighted by atomic mass is 10.1. The average molecular weight is 356 g/mol. The average Bonchev–Trinajstić information content (AvgIpc) is 3.09. The quantitative estimate of drug-likeness (QED) is 0.699. The molecule has 0 aliphatic heterocycles. The van der Waals surface area contributed by atoms with Gasteiger partial charge in [0.1, 0.15) is 0 Å². The molecule has 7 nitrogen and oxygen atoms in total. The Bertz CT molecular complexity index is 880. The molecule has 0 radical (unpaired) electrons. The summed E-state index contributed by atoms with van der Waals surface area (Å²) < 4.78 is 18.3. The molecule has 1 aromatic carbocycles. The predicted molar refractivity (Wildman–Crippen MR) is 101 cm³/mol. The maximum absolute atomic E-state index is 5.46. The summed E-state index contributed by atoms with van der Waals surface area (Å²) in [7, 11) is 4.80. The van der Waals surface area contributed by atoms with Gasteiger partial charge in [-0.2, -0.15) is 0 Å². The summed E-state index contributed by atoms with van der Waals surface area (Å²) in [4.78, 5) is 8.97. The molecule has 0 unspecified atom stereocenters. The summed E-state index contributed by atoms with van der Waals surface area (Å²) in [6.45, 7) is 5.14. The molecule has 3 aromatic rings. The van der Waals surface area contributed by atoms with Crippen molar-refractivity contribution in [2.24, 2.45) is 5.92 Å². The second kappa shape index (κ2) is 7.51. The molecule has 138 valence electrons. The van der Waals surface area contributed by atoms with E-state index >= 15 is 0 Å². The highest BCUT2D eigenvalue weighted by Gasteiger charge is 2.17. The number of ether oxygens (including phenoxy) is 3. The Hall–Kier alpha value is -2.96. The monoisotopic (exact) mass is 356 g/mol. The van der Waals surface area contributed by atoms with Gasteiger partial charge >= 0.3 is 0 Å². The lowest BCUT2D eigenvalue weighted by molar-refractivity contribution is 0.324. The van der Waals surface area contributed by atoms with Gasteiger partial charge in [0, 0.05) is 24.5 Å². The molecule has 0 saturated carbocycles. The predicted octanol–water partition coefficient (Wildman–Crippen LogP) is 3.49. The SMILES string of the molecule is COc1cc(-c2cnc3c(NCC(C)C)nccn23)cc(OC)c1OC. The van der Waals surface area contributed by atoms with E-state index in [1.54, 1.807) is 27.5 Å². The van der Waals surface area contributed by atoms with Crippen molar-refractivity contribution in [2.45, 2.75) is 13.8 Å². The molecular weight excluding hydrogens is 332 g/mol. The molecule has 0 aliphatic carbocycles. The summed E-state index contributed by atoms with van der Waals surface area (Å²) in [5.41, 5.74) is 2.60. The number of aromatic nitrogens is 3. The molecule has 0 spiro atoms. The zero-order chi connectivity index (χ0) is 18.7. The van der Waals surface area contributed by atoms with Crippen molar-refractivity contribution in [3.05, 3.63) is 30.7 Å². The molecule has 0 aliphatic rings. The molecule has 1 N–H and O–H groups in total. The molecule has 0 atom stereocenters. The minimum Gasteiger partial charge on any atom is -0.493 e. The van der Waals surface area contributed by atoms with Crippen LogP contribution in [0.4, 0.5) is 5.82 Å². The Balaban J connectivity index is 2.10. The lowest BCUT2D eigenvalue weighted by Crippen LogP contribution is -2.10. The van der Waals surface area contributed by atoms with Crippen molar-refractivity contribution >= 4 is 11.5 Å². The number of fused-ring (bicyclic) bond motifs is 1. The normalized spacial score (nSPS) is 11.0. The molecule has 0 amide bonds. The van der Waals surface area contributed by atoms with Crippen molar-refractivity contribution in [3.8, 4) is 28.5 Å². The third-order valence-corrected chi connectivity index (χ3v) is 4.07. The van der Waals surface area contributed by atoms with Gasteiger partial charge in [-0.1, -0.05) is 13.8 Å². The van der Waals surface area contributed by atoms with Crippen molar-refractivity contribution in [2.75, 3.05) is 33.2 Å². The first-order valence-corrected chi connectivity index (χ1v) is 8.45. The Morgan fingerprint density at radius 2 is 1.73 bits per heavy atom. The van der Waals surface area contributed by atoms with E-state index in [9.17, 15) is 0 Å². The van der Waals surface area contributed by atoms with Crippen molar-refractivity contribution < 1.29 is 14.2 Å². The van der Waals surface area contributed by atoms with Crippen LogP contribution in [0.5, 0.6) is 17.2 Å². The molecule has 7 heteroatoms. The number of hydrogen-bond donors (Lipinski definition) is 1. The molecule has 3 rings (SSSR count). The van der Waals surface area contributed by atoms with Crippen molar-refractivity contribution in [3.63, 3.8) is 0 Å². The number of benzene rings is 1. The van der Waals surface area contributed by atoms with Gasteiger partial charge in [-0.3, -0.25) is 4.40 Å². The first-order chi connectivity index (χ1) is 12.6. The topological polar surface area (TPSA) is 69.9 Å². The Morgan fingerprint density at radius 3 is 2.31 bits per heavy atom. The highest BCUT2D eigenvalue weighted by Crippen LogP contribution is 2.41. The second-order valence-corrected chi connectivity index (χ2v) is 6.30. The van der Waals surface area contributed by atoms with E-state index in [0.29, 0.717) is 23.2 Å². The van der Waals surface area contributed by atoms with E-state index in [-0.39, 0.29) is 0 Å². The molecule has 0 bridgehead atoms. The highest BCUT2D eigenvalue weighted by molar-refractivity contribution is 5.74. The van der Waals surface area contributed by atoms with E-state index in [0.717, 1.165) is 29.3 Å². The van der Waals surface area contributed by atoms with Crippen LogP contribution in [-0.2, 0) is 0 Å². The number of nitrogens with one attached hydrogen (secondary N) is 1. The van der Waals surface area contributed by atoms with Gasteiger partial charge in [0.25, 0.3) is 0 Å². The molecule has 2 heterocycles. The van der Waals surface area contributed by atoms with Crippen LogP contribution in [0.1, 0.15) is 13.8 Å². The van der Waals surface area contributed by atoms with Gasteiger partial charge in [-0.15, -0.1) is 0 Å². The van der Waals surface area contributed by atoms with E-state index in [4.69, 9.17) is 14.2 Å². The van der Waals surface area contributed by atoms with Gasteiger partial charge < -0.3 is 19.5 Å². The zero-order valence-corrected chi connectivity index (χ0v) is 15.7. The van der Waals surface area contributed by atoms with Gasteiger partial charge in [-0.25, -0.2) is 9.97 Å². The summed E-state index contributed by atoms with van der Waals surface area (Å²) in [5, 5.41) is 3.35. The van der Waals surface area contributed by atoms with Crippen LogP contribution in [0.3, 0.4) is 0 Å². The standard InChI is InChI=1S/C19H24N4O3/c1-12(2)10-21-18-19-22-11-14(23(19)7-6-20-18)13-8-15(24-3)17(26-5)16(9-13)25-4/h6-9,11-12H,10H2,1-5H3,(H,20,21). The van der Waals surface area contributed by atoms with Crippen molar-refractivity contribution in [1.82, 2.24) is 14.4 Å². The minimum absolute atomic E-state index is 0.515. The smallest absolute Gasteiger partial charge is 0.203 e. The zero-order valence-electron chi connectivity index (χ0n) is 15.7. The van der Waals surface area contributed by atoms with Crippen LogP contribution in [0.2, 0.25) is 0 Å². The number of methoxy groups -OCH3 is 3. The molecular formula is C19H24N4O3. The van der Waals surface area contributed by atoms with Crippen LogP contribution in [0.15, 0.2) is 30.7 Å². The van der Waals surface area contributed by atoms with Crippen LogP contribution in [0.25, 0.3) is 16.9 Å². The van der Waals surface area contributed by atoms with Gasteiger partial charge in [0.15, 0.2) is 23.0 Å². The van der Waals surface area contributed by atoms with Crippen LogP contribution in [0, 0.1) is 5.92 Å². The van der Waals surface area contributed by atoms with E-state index in [1.165, 1.54) is 0 Å². The Labute approximate surface area is 152 Å². The van der Waals surface area contributed by atoms with Gasteiger partial charge in [0.2, 0.25) is 5.75 Å². The summed E-state index contributed by atoms with van der Waals surface area (Å²) in [5.74, 6) is 3.04. The highest BCUT2D eigenvalue weighted by atomic mass is 16.5. The lowest BCUT2D eigenvalue weighted by Gasteiger charge is -2.14. The fourth-order valence-corrected chi connectivity index (χ4v) is 2.79. The van der Waals surface area contributed by atoms with Gasteiger partial charge in [0.05, 0.1) is 33.2 Å². The van der Waals surface area contributed by atoms with E-state index in [2.05, 4.69) is 29.1 Å². The Kier molecular flexibility index (Phi) is 5.16. The van der Waals surface area contributed by atoms with Crippen molar-refractivity contribution in [1.29, 1.82) is 0 Å². The number of imidazole rings is 1. The minimum atomic E-state index is 0.515. The third-order valence-electron chi connectivity index (χ3n) is 4.07. The molecule has 0 saturated heterocycles. The van der Waals surface area contributed by atoms with Crippen LogP contribution >= 0.6 is 0 Å². The number of hydrogen-bond acceptors (Lipinski definition) is 6. The first-order valence-electron chi connectivity index (χ1n) is 8.45. The van der Waals surface area contributed by atoms with E-state index in [1.807, 2.05) is 28.9 Å². The fraction of sp³-hybridized carbons (Fsp3) is 0.368. The summed E-state index contributed by atoms with van der Waals surface area (Å²) >= 11 is 0. The maximum atomic E-state index is 5.46. The number of nitrogens with zero attached hydrogens (tertiary/aromatic N) is 3. The third kappa shape index (κ3) is 3.24.